The molecule has 1 heterocycles. The smallest absolute Gasteiger partial charge is 0.0587 e. The van der Waals surface area contributed by atoms with Crippen molar-refractivity contribution in [1.82, 2.24) is 5.32 Å². The summed E-state index contributed by atoms with van der Waals surface area (Å²) >= 11 is 0. The SMILES string of the molecule is CCC1CC(NCCCC(C)CO)CCO1. The van der Waals surface area contributed by atoms with Crippen LogP contribution in [-0.4, -0.2) is 37.0 Å². The predicted molar refractivity (Wildman–Crippen MR) is 66.5 cm³/mol. The van der Waals surface area contributed by atoms with Crippen LogP contribution < -0.4 is 5.32 Å². The first kappa shape index (κ1) is 13.9. The van der Waals surface area contributed by atoms with Crippen LogP contribution in [-0.2, 0) is 4.74 Å². The van der Waals surface area contributed by atoms with Crippen LogP contribution >= 0.6 is 0 Å². The van der Waals surface area contributed by atoms with Crippen molar-refractivity contribution in [1.29, 1.82) is 0 Å². The van der Waals surface area contributed by atoms with Crippen molar-refractivity contribution in [3.63, 3.8) is 0 Å². The highest BCUT2D eigenvalue weighted by Gasteiger charge is 2.20. The topological polar surface area (TPSA) is 41.5 Å². The zero-order chi connectivity index (χ0) is 11.8. The summed E-state index contributed by atoms with van der Waals surface area (Å²) in [7, 11) is 0. The Hall–Kier alpha value is -0.120. The fourth-order valence-corrected chi connectivity index (χ4v) is 2.20. The number of ether oxygens (including phenoxy) is 1. The molecule has 0 amide bonds. The second-order valence-corrected chi connectivity index (χ2v) is 5.01. The summed E-state index contributed by atoms with van der Waals surface area (Å²) in [5, 5.41) is 12.5. The third kappa shape index (κ3) is 5.28. The van der Waals surface area contributed by atoms with Crippen LogP contribution in [0, 0.1) is 5.92 Å². The average Bonchev–Trinajstić information content (AvgIpc) is 2.34. The van der Waals surface area contributed by atoms with E-state index in [9.17, 15) is 0 Å². The first-order valence-corrected chi connectivity index (χ1v) is 6.72. The van der Waals surface area contributed by atoms with Gasteiger partial charge in [-0.3, -0.25) is 0 Å². The number of hydrogen-bond acceptors (Lipinski definition) is 3. The summed E-state index contributed by atoms with van der Waals surface area (Å²) in [6.07, 6.45) is 6.17. The van der Waals surface area contributed by atoms with Gasteiger partial charge in [-0.15, -0.1) is 0 Å². The molecule has 3 heteroatoms. The quantitative estimate of drug-likeness (QED) is 0.656. The predicted octanol–water partition coefficient (Wildman–Crippen LogP) is 1.94. The van der Waals surface area contributed by atoms with Crippen LogP contribution in [0.5, 0.6) is 0 Å². The van der Waals surface area contributed by atoms with Crippen molar-refractivity contribution < 1.29 is 9.84 Å². The van der Waals surface area contributed by atoms with E-state index in [1.54, 1.807) is 0 Å². The van der Waals surface area contributed by atoms with Gasteiger partial charge in [-0.2, -0.15) is 0 Å². The molecule has 0 saturated carbocycles. The molecular formula is C13H27NO2. The van der Waals surface area contributed by atoms with E-state index in [1.807, 2.05) is 0 Å². The zero-order valence-electron chi connectivity index (χ0n) is 10.7. The molecule has 0 aromatic rings. The van der Waals surface area contributed by atoms with E-state index in [2.05, 4.69) is 19.2 Å². The summed E-state index contributed by atoms with van der Waals surface area (Å²) in [5.74, 6) is 0.444. The van der Waals surface area contributed by atoms with Crippen molar-refractivity contribution in [2.24, 2.45) is 5.92 Å². The largest absolute Gasteiger partial charge is 0.396 e. The summed E-state index contributed by atoms with van der Waals surface area (Å²) < 4.78 is 5.65. The van der Waals surface area contributed by atoms with E-state index < -0.39 is 0 Å². The lowest BCUT2D eigenvalue weighted by atomic mass is 10.0. The van der Waals surface area contributed by atoms with Gasteiger partial charge >= 0.3 is 0 Å². The molecule has 3 unspecified atom stereocenters. The van der Waals surface area contributed by atoms with Gasteiger partial charge in [-0.25, -0.2) is 0 Å². The Labute approximate surface area is 99.6 Å². The lowest BCUT2D eigenvalue weighted by Gasteiger charge is -2.29. The first-order chi connectivity index (χ1) is 7.76. The van der Waals surface area contributed by atoms with E-state index in [4.69, 9.17) is 9.84 Å². The molecule has 3 atom stereocenters. The molecule has 0 aromatic carbocycles. The Kier molecular flexibility index (Phi) is 7.01. The van der Waals surface area contributed by atoms with Crippen molar-refractivity contribution in [3.8, 4) is 0 Å². The normalized spacial score (nSPS) is 27.9. The van der Waals surface area contributed by atoms with Crippen LogP contribution in [0.15, 0.2) is 0 Å². The summed E-state index contributed by atoms with van der Waals surface area (Å²) in [6.45, 7) is 6.58. The second kappa shape index (κ2) is 8.04. The molecule has 1 rings (SSSR count). The number of aliphatic hydroxyl groups excluding tert-OH is 1. The average molecular weight is 229 g/mol. The minimum absolute atomic E-state index is 0.315. The van der Waals surface area contributed by atoms with Crippen LogP contribution in [0.4, 0.5) is 0 Å². The van der Waals surface area contributed by atoms with Gasteiger partial charge in [0.25, 0.3) is 0 Å². The summed E-state index contributed by atoms with van der Waals surface area (Å²) in [5.41, 5.74) is 0. The lowest BCUT2D eigenvalue weighted by Crippen LogP contribution is -2.39. The van der Waals surface area contributed by atoms with Gasteiger partial charge in [-0.05, 0) is 44.6 Å². The number of hydrogen-bond donors (Lipinski definition) is 2. The minimum Gasteiger partial charge on any atom is -0.396 e. The highest BCUT2D eigenvalue weighted by molar-refractivity contribution is 4.76. The van der Waals surface area contributed by atoms with E-state index in [0.29, 0.717) is 24.7 Å². The maximum absolute atomic E-state index is 8.91. The van der Waals surface area contributed by atoms with Gasteiger partial charge < -0.3 is 15.2 Å². The molecule has 0 aromatic heterocycles. The molecule has 16 heavy (non-hydrogen) atoms. The molecule has 1 fully saturated rings. The Morgan fingerprint density at radius 3 is 3.00 bits per heavy atom. The molecule has 0 aliphatic carbocycles. The van der Waals surface area contributed by atoms with E-state index in [1.165, 1.54) is 0 Å². The highest BCUT2D eigenvalue weighted by atomic mass is 16.5. The fourth-order valence-electron chi connectivity index (χ4n) is 2.20. The van der Waals surface area contributed by atoms with E-state index in [-0.39, 0.29) is 0 Å². The first-order valence-electron chi connectivity index (χ1n) is 6.72. The van der Waals surface area contributed by atoms with Gasteiger partial charge in [-0.1, -0.05) is 13.8 Å². The monoisotopic (exact) mass is 229 g/mol. The number of nitrogens with one attached hydrogen (secondary N) is 1. The van der Waals surface area contributed by atoms with Crippen molar-refractivity contribution in [2.75, 3.05) is 19.8 Å². The van der Waals surface area contributed by atoms with Gasteiger partial charge in [0, 0.05) is 19.3 Å². The van der Waals surface area contributed by atoms with E-state index in [0.717, 1.165) is 45.3 Å². The van der Waals surface area contributed by atoms with Crippen LogP contribution in [0.3, 0.4) is 0 Å². The van der Waals surface area contributed by atoms with Crippen molar-refractivity contribution >= 4 is 0 Å². The van der Waals surface area contributed by atoms with E-state index >= 15 is 0 Å². The molecule has 0 bridgehead atoms. The van der Waals surface area contributed by atoms with Crippen LogP contribution in [0.1, 0.15) is 46.0 Å². The maximum atomic E-state index is 8.91. The molecule has 96 valence electrons. The highest BCUT2D eigenvalue weighted by Crippen LogP contribution is 2.16. The van der Waals surface area contributed by atoms with Gasteiger partial charge in [0.1, 0.15) is 0 Å². The molecular weight excluding hydrogens is 202 g/mol. The zero-order valence-corrected chi connectivity index (χ0v) is 10.7. The molecule has 0 radical (unpaired) electrons. The molecule has 1 aliphatic heterocycles. The van der Waals surface area contributed by atoms with Crippen molar-refractivity contribution in [3.05, 3.63) is 0 Å². The molecule has 0 spiro atoms. The molecule has 2 N–H and O–H groups in total. The molecule has 1 aliphatic rings. The third-order valence-corrected chi connectivity index (χ3v) is 3.44. The second-order valence-electron chi connectivity index (χ2n) is 5.01. The summed E-state index contributed by atoms with van der Waals surface area (Å²) in [6, 6.07) is 0.642. The number of aliphatic hydroxyl groups is 1. The Morgan fingerprint density at radius 2 is 2.31 bits per heavy atom. The van der Waals surface area contributed by atoms with Gasteiger partial charge in [0.2, 0.25) is 0 Å². The lowest BCUT2D eigenvalue weighted by molar-refractivity contribution is -0.0000513. The van der Waals surface area contributed by atoms with Crippen LogP contribution in [0.2, 0.25) is 0 Å². The Balaban J connectivity index is 2.04. The van der Waals surface area contributed by atoms with Gasteiger partial charge in [0.15, 0.2) is 0 Å². The standard InChI is InChI=1S/C13H27NO2/c1-3-13-9-12(6-8-16-13)14-7-4-5-11(2)10-15/h11-15H,3-10H2,1-2H3. The van der Waals surface area contributed by atoms with Crippen molar-refractivity contribution in [2.45, 2.75) is 58.1 Å². The molecule has 3 nitrogen and oxygen atoms in total. The minimum atomic E-state index is 0.315. The van der Waals surface area contributed by atoms with Gasteiger partial charge in [0.05, 0.1) is 6.10 Å². The summed E-state index contributed by atoms with van der Waals surface area (Å²) in [4.78, 5) is 0. The number of rotatable bonds is 7. The Morgan fingerprint density at radius 1 is 1.50 bits per heavy atom. The fraction of sp³-hybridized carbons (Fsp3) is 1.00. The Bertz CT molecular complexity index is 175. The van der Waals surface area contributed by atoms with Crippen LogP contribution in [0.25, 0.3) is 0 Å². The third-order valence-electron chi connectivity index (χ3n) is 3.44. The maximum Gasteiger partial charge on any atom is 0.0587 e. The molecule has 1 saturated heterocycles.